The maximum Gasteiger partial charge on any atom is 0.274 e. The number of carbonyl (C=O) groups excluding carboxylic acids is 1. The van der Waals surface area contributed by atoms with E-state index in [0.717, 1.165) is 95.1 Å². The lowest BCUT2D eigenvalue weighted by Crippen LogP contribution is -2.38. The predicted octanol–water partition coefficient (Wildman–Crippen LogP) is 23.4. The lowest BCUT2D eigenvalue weighted by Gasteiger charge is -2.32. The van der Waals surface area contributed by atoms with Gasteiger partial charge in [0.05, 0.1) is 36.7 Å². The van der Waals surface area contributed by atoms with Crippen LogP contribution < -0.4 is 23.7 Å². The fourth-order valence-corrected chi connectivity index (χ4v) is 15.7. The number of rotatable bonds is 0. The molecule has 0 bridgehead atoms. The van der Waals surface area contributed by atoms with Crippen LogP contribution in [-0.2, 0) is 72.6 Å². The smallest absolute Gasteiger partial charge is 0.274 e. The zero-order valence-corrected chi connectivity index (χ0v) is 66.8. The molecule has 0 saturated carbocycles. The van der Waals surface area contributed by atoms with Gasteiger partial charge in [0, 0.05) is 63.7 Å². The molecule has 0 saturated heterocycles. The van der Waals surface area contributed by atoms with Crippen molar-refractivity contribution >= 4 is 5.78 Å². The Hall–Kier alpha value is -8.81. The average Bonchev–Trinajstić information content (AvgIpc) is 1.60. The van der Waals surface area contributed by atoms with Gasteiger partial charge >= 0.3 is 0 Å². The summed E-state index contributed by atoms with van der Waals surface area (Å²) < 4.78 is 86.7. The zero-order chi connectivity index (χ0) is 78.0. The van der Waals surface area contributed by atoms with Crippen molar-refractivity contribution in [1.29, 1.82) is 0 Å². The molecule has 7 aromatic carbocycles. The van der Waals surface area contributed by atoms with E-state index < -0.39 is 5.92 Å². The van der Waals surface area contributed by atoms with E-state index in [-0.39, 0.29) is 78.7 Å². The second-order valence-corrected chi connectivity index (χ2v) is 35.7. The molecule has 7 heterocycles. The molecule has 13 heteroatoms. The minimum Gasteiger partial charge on any atom is -0.492 e. The minimum absolute atomic E-state index is 0.0296. The van der Waals surface area contributed by atoms with Crippen LogP contribution in [0.4, 0.5) is 17.6 Å². The van der Waals surface area contributed by atoms with Gasteiger partial charge in [0.1, 0.15) is 35.3 Å². The number of pyridine rings is 2. The Morgan fingerprint density at radius 1 is 0.374 bits per heavy atom. The van der Waals surface area contributed by atoms with Crippen molar-refractivity contribution in [2.24, 2.45) is 0 Å². The number of halogens is 4. The number of alkyl halides is 2. The summed E-state index contributed by atoms with van der Waals surface area (Å²) in [6.45, 7) is 45.0. The lowest BCUT2D eigenvalue weighted by molar-refractivity contribution is -0.105. The monoisotopic (exact) mass is 1460 g/mol. The number of hydrogen-bond acceptors (Lipinski definition) is 9. The summed E-state index contributed by atoms with van der Waals surface area (Å²) in [5, 5.41) is 0. The van der Waals surface area contributed by atoms with Crippen LogP contribution in [-0.4, -0.2) is 47.8 Å². The molecule has 18 rings (SSSR count). The summed E-state index contributed by atoms with van der Waals surface area (Å²) in [4.78, 5) is 19.9. The Balaban J connectivity index is 0.000000129. The van der Waals surface area contributed by atoms with Crippen molar-refractivity contribution in [3.05, 3.63) is 278 Å². The van der Waals surface area contributed by atoms with E-state index in [4.69, 9.17) is 28.4 Å². The van der Waals surface area contributed by atoms with Crippen LogP contribution in [0.1, 0.15) is 241 Å². The van der Waals surface area contributed by atoms with Gasteiger partial charge in [-0.3, -0.25) is 9.78 Å². The number of fused-ring (bicyclic) bond motifs is 9. The fourth-order valence-electron chi connectivity index (χ4n) is 15.7. The van der Waals surface area contributed by atoms with Gasteiger partial charge < -0.3 is 28.4 Å². The molecular weight excluding hydrogens is 1350 g/mol. The summed E-state index contributed by atoms with van der Waals surface area (Å²) in [5.74, 6) is 1.91. The standard InChI is InChI=1S/C12H15FO.C11H12F2.C11H13F.C11H12O.C11H14.C10H12O2.C10H12O.2C9H11NO/c1-11(2)9-6-5-8(13)7-10(9)12(3,4)14-11;1-10(2)7-11(12,13)9-6-4-3-5-8(9)10;1-11(2)7-6-8-9(11)4-3-5-10(8)12;1-11(2)7-10(12)8-5-3-4-6-9(8)11;1-11(2)8-7-9-5-3-4-6-10(9)11;1-10(2)7-11-8-5-3-4-6-9(8)12-10;1-10(2)7-11-9-6-4-3-5-8(9)10;1-9(2)6-11-7-4-3-5-10-8(7)9;1-9(2)6-11-8-7(9)4-3-5-10-8/h5-7H,1-4H3;3-6H,7H2,1-2H3;3-5H,6-7H2,1-2H3;3-6H,7H2,1-2H3;3-6H,7-8H2,1-2H3;3-6H,7H2,1-2H3;3-6H,7H2,1-2H3;2*3-5H,6H2,1-2H3. The van der Waals surface area contributed by atoms with Gasteiger partial charge in [0.2, 0.25) is 5.88 Å². The van der Waals surface area contributed by atoms with Gasteiger partial charge in [0.15, 0.2) is 17.3 Å². The molecule has 5 aliphatic heterocycles. The van der Waals surface area contributed by atoms with Crippen LogP contribution in [0.15, 0.2) is 194 Å². The van der Waals surface area contributed by atoms with Crippen molar-refractivity contribution in [3.8, 4) is 28.9 Å². The number of aryl methyl sites for hydroxylation is 1. The summed E-state index contributed by atoms with van der Waals surface area (Å²) >= 11 is 0. The summed E-state index contributed by atoms with van der Waals surface area (Å²) in [6.07, 6.45) is 8.72. The Bertz CT molecular complexity index is 4350. The second-order valence-electron chi connectivity index (χ2n) is 35.7. The number of ether oxygens (including phenoxy) is 6. The number of para-hydroxylation sites is 3. The van der Waals surface area contributed by atoms with Crippen LogP contribution in [0, 0.1) is 11.6 Å². The first-order chi connectivity index (χ1) is 50.0. The molecular formula is C94H112F4N2O7. The van der Waals surface area contributed by atoms with Gasteiger partial charge in [-0.05, 0) is 188 Å². The maximum absolute atomic E-state index is 13.4. The third-order valence-corrected chi connectivity index (χ3v) is 21.8. The van der Waals surface area contributed by atoms with Gasteiger partial charge in [0.25, 0.3) is 5.92 Å². The van der Waals surface area contributed by atoms with Crippen LogP contribution in [0.3, 0.4) is 0 Å². The number of nitrogens with zero attached hydrogens (tertiary/aromatic N) is 2. The van der Waals surface area contributed by atoms with Gasteiger partial charge in [-0.25, -0.2) is 22.5 Å². The topological polar surface area (TPSA) is 98.2 Å². The highest BCUT2D eigenvalue weighted by atomic mass is 19.3. The molecule has 0 radical (unpaired) electrons. The van der Waals surface area contributed by atoms with Crippen LogP contribution in [0.5, 0.6) is 28.9 Å². The zero-order valence-electron chi connectivity index (χ0n) is 66.8. The highest BCUT2D eigenvalue weighted by Crippen LogP contribution is 2.52. The highest BCUT2D eigenvalue weighted by molar-refractivity contribution is 6.02. The quantitative estimate of drug-likeness (QED) is 0.138. The van der Waals surface area contributed by atoms with Crippen molar-refractivity contribution < 1.29 is 50.8 Å². The predicted molar refractivity (Wildman–Crippen MR) is 423 cm³/mol. The molecule has 9 aliphatic rings. The van der Waals surface area contributed by atoms with E-state index >= 15 is 0 Å². The van der Waals surface area contributed by atoms with E-state index in [1.807, 2.05) is 153 Å². The molecule has 4 aliphatic carbocycles. The van der Waals surface area contributed by atoms with E-state index in [2.05, 4.69) is 142 Å². The normalized spacial score (nSPS) is 20.0. The van der Waals surface area contributed by atoms with Crippen molar-refractivity contribution in [2.75, 3.05) is 26.4 Å². The van der Waals surface area contributed by atoms with Crippen LogP contribution in [0.2, 0.25) is 0 Å². The Morgan fingerprint density at radius 2 is 0.879 bits per heavy atom. The van der Waals surface area contributed by atoms with Gasteiger partial charge in [-0.2, -0.15) is 0 Å². The molecule has 0 N–H and O–H groups in total. The Morgan fingerprint density at radius 3 is 1.52 bits per heavy atom. The van der Waals surface area contributed by atoms with Gasteiger partial charge in [-0.15, -0.1) is 0 Å². The van der Waals surface area contributed by atoms with Crippen LogP contribution in [0.25, 0.3) is 0 Å². The SMILES string of the molecule is CC1(C)CC(=O)c2ccccc21.CC1(C)CC(F)(F)c2ccccc21.CC1(C)CCc2c(F)cccc21.CC1(C)CCc2ccccc21.CC1(C)COc2ccccc21.CC1(C)COc2ccccc2O1.CC1(C)COc2cccnc21.CC1(C)COc2ncccc21.CC1(C)OC(C)(C)c2cc(F)ccc21. The molecule has 0 amide bonds. The molecule has 0 fully saturated rings. The largest absolute Gasteiger partial charge is 0.492 e. The number of benzene rings is 7. The summed E-state index contributed by atoms with van der Waals surface area (Å²) in [7, 11) is 0. The Labute approximate surface area is 634 Å². The third kappa shape index (κ3) is 18.7. The van der Waals surface area contributed by atoms with Gasteiger partial charge in [-0.1, -0.05) is 224 Å². The molecule has 107 heavy (non-hydrogen) atoms. The number of hydrogen-bond donors (Lipinski definition) is 0. The summed E-state index contributed by atoms with van der Waals surface area (Å²) in [5.41, 5.74) is 13.9. The van der Waals surface area contributed by atoms with E-state index in [1.54, 1.807) is 47.7 Å². The number of aromatic nitrogens is 2. The molecule has 0 atom stereocenters. The molecule has 9 nitrogen and oxygen atoms in total. The first-order valence-corrected chi connectivity index (χ1v) is 37.7. The summed E-state index contributed by atoms with van der Waals surface area (Å²) in [6, 6.07) is 57.7. The third-order valence-electron chi connectivity index (χ3n) is 21.8. The van der Waals surface area contributed by atoms with E-state index in [9.17, 15) is 22.4 Å². The number of ketones is 1. The maximum atomic E-state index is 13.4. The molecule has 0 unspecified atom stereocenters. The van der Waals surface area contributed by atoms with E-state index in [1.165, 1.54) is 47.2 Å². The second kappa shape index (κ2) is 31.0. The molecule has 568 valence electrons. The molecule has 2 aromatic heterocycles. The minimum atomic E-state index is -2.64. The fraction of sp³-hybridized carbons (Fsp3) is 0.436. The van der Waals surface area contributed by atoms with E-state index in [0.29, 0.717) is 18.4 Å². The molecule has 9 aromatic rings. The Kier molecular flexibility index (Phi) is 23.4. The number of carbonyl (C=O) groups is 1. The first-order valence-electron chi connectivity index (χ1n) is 37.7. The van der Waals surface area contributed by atoms with Crippen molar-refractivity contribution in [1.82, 2.24) is 9.97 Å². The highest BCUT2D eigenvalue weighted by Gasteiger charge is 2.49. The van der Waals surface area contributed by atoms with Crippen molar-refractivity contribution in [2.45, 2.75) is 238 Å². The first kappa shape index (κ1) is 80.7. The van der Waals surface area contributed by atoms with Crippen LogP contribution >= 0.6 is 0 Å². The number of Topliss-reactive ketones (excluding diaryl/α,β-unsaturated/α-hetero) is 1. The van der Waals surface area contributed by atoms with Crippen molar-refractivity contribution in [3.63, 3.8) is 0 Å². The average molecular weight is 1460 g/mol. The lowest BCUT2D eigenvalue weighted by atomic mass is 9.87. The molecule has 0 spiro atoms.